The second-order valence-electron chi connectivity index (χ2n) is 9.95. The average molecular weight is 448 g/mol. The largest absolute Gasteiger partial charge is 0.633 e. The third-order valence-electron chi connectivity index (χ3n) is 7.64. The van der Waals surface area contributed by atoms with Crippen LogP contribution in [0.5, 0.6) is 0 Å². The Morgan fingerprint density at radius 3 is 2.76 bits per heavy atom. The van der Waals surface area contributed by atoms with Crippen molar-refractivity contribution in [1.82, 2.24) is 10.2 Å². The first-order valence-electron chi connectivity index (χ1n) is 12.0. The predicted molar refractivity (Wildman–Crippen MR) is 131 cm³/mol. The summed E-state index contributed by atoms with van der Waals surface area (Å²) in [6.07, 6.45) is 12.6. The van der Waals surface area contributed by atoms with Crippen LogP contribution < -0.4 is 10.6 Å². The summed E-state index contributed by atoms with van der Waals surface area (Å²) in [5, 5.41) is 19.5. The standard InChI is InChI=1S/C26H33N5O2/c1-26-13-5-4-8-22(26)24-20(16-23(32)30(26)2)17-27-25(29-24)28-21-11-9-19(10-12-21)18-31(33)14-6-3-7-15-31/h4-5,8-12,17,24H,3,6-7,13-16,18H2,1-2H3,(H2,27,28,29). The molecule has 2 saturated heterocycles. The maximum absolute atomic E-state index is 12.9. The van der Waals surface area contributed by atoms with Gasteiger partial charge >= 0.3 is 0 Å². The van der Waals surface area contributed by atoms with E-state index in [9.17, 15) is 10.0 Å². The van der Waals surface area contributed by atoms with Gasteiger partial charge in [0.25, 0.3) is 0 Å². The number of benzene rings is 1. The number of nitrogens with one attached hydrogen (secondary N) is 2. The number of allylic oxidation sites excluding steroid dienone is 2. The van der Waals surface area contributed by atoms with Crippen LogP contribution >= 0.6 is 0 Å². The summed E-state index contributed by atoms with van der Waals surface area (Å²) >= 11 is 0. The molecule has 4 aliphatic rings. The molecule has 7 nitrogen and oxygen atoms in total. The molecule has 1 aliphatic carbocycles. The number of hydroxylamine groups is 3. The zero-order valence-electron chi connectivity index (χ0n) is 19.5. The van der Waals surface area contributed by atoms with E-state index in [1.807, 2.05) is 42.4 Å². The quantitative estimate of drug-likeness (QED) is 0.545. The lowest BCUT2D eigenvalue weighted by molar-refractivity contribution is -0.898. The Hall–Kier alpha value is -2.90. The molecule has 0 bridgehead atoms. The van der Waals surface area contributed by atoms with Gasteiger partial charge in [0.1, 0.15) is 12.6 Å². The molecule has 3 heterocycles. The van der Waals surface area contributed by atoms with Crippen LogP contribution in [0.2, 0.25) is 0 Å². The van der Waals surface area contributed by atoms with Gasteiger partial charge in [0.2, 0.25) is 11.9 Å². The number of fused-ring (bicyclic) bond motifs is 3. The number of piperidine rings is 1. The molecule has 0 saturated carbocycles. The van der Waals surface area contributed by atoms with Crippen molar-refractivity contribution in [3.05, 3.63) is 70.6 Å². The fourth-order valence-corrected chi connectivity index (χ4v) is 5.44. The Bertz CT molecular complexity index is 1050. The number of carbonyl (C=O) groups excluding carboxylic acids is 1. The van der Waals surface area contributed by atoms with E-state index in [0.29, 0.717) is 18.9 Å². The van der Waals surface area contributed by atoms with Crippen molar-refractivity contribution in [3.63, 3.8) is 0 Å². The lowest BCUT2D eigenvalue weighted by atomic mass is 9.79. The molecule has 0 spiro atoms. The molecule has 1 aromatic rings. The number of quaternary nitrogens is 1. The fraction of sp³-hybridized carbons (Fsp3) is 0.462. The fourth-order valence-electron chi connectivity index (χ4n) is 5.44. The minimum absolute atomic E-state index is 0.105. The maximum Gasteiger partial charge on any atom is 0.227 e. The highest BCUT2D eigenvalue weighted by Gasteiger charge is 2.44. The number of nitrogens with zero attached hydrogens (tertiary/aromatic N) is 3. The normalized spacial score (nSPS) is 28.5. The molecule has 3 aliphatic heterocycles. The van der Waals surface area contributed by atoms with Gasteiger partial charge in [0.05, 0.1) is 25.0 Å². The SMILES string of the molecule is CN1C(=O)CC2=CNC(Nc3ccc(C[N+]4([O-])CCCCC4)cc3)=NC2C2=CC=CCC21C. The first-order valence-corrected chi connectivity index (χ1v) is 12.0. The summed E-state index contributed by atoms with van der Waals surface area (Å²) in [7, 11) is 1.89. The van der Waals surface area contributed by atoms with Crippen molar-refractivity contribution in [3.8, 4) is 0 Å². The number of amides is 1. The van der Waals surface area contributed by atoms with Crippen LogP contribution in [0.3, 0.4) is 0 Å². The smallest absolute Gasteiger partial charge is 0.227 e. The number of hydrogen-bond donors (Lipinski definition) is 2. The zero-order valence-corrected chi connectivity index (χ0v) is 19.5. The van der Waals surface area contributed by atoms with E-state index in [4.69, 9.17) is 4.99 Å². The Morgan fingerprint density at radius 2 is 2.00 bits per heavy atom. The van der Waals surface area contributed by atoms with E-state index in [-0.39, 0.29) is 22.1 Å². The summed E-state index contributed by atoms with van der Waals surface area (Å²) in [4.78, 5) is 19.7. The van der Waals surface area contributed by atoms with E-state index in [1.54, 1.807) is 0 Å². The Morgan fingerprint density at radius 1 is 1.24 bits per heavy atom. The summed E-state index contributed by atoms with van der Waals surface area (Å²) in [5.74, 6) is 0.777. The number of aliphatic imine (C=N–C) groups is 1. The number of likely N-dealkylation sites (N-methyl/N-ethyl adjacent to an activating group) is 1. The third kappa shape index (κ3) is 4.23. The number of carbonyl (C=O) groups is 1. The van der Waals surface area contributed by atoms with Crippen molar-refractivity contribution in [1.29, 1.82) is 0 Å². The van der Waals surface area contributed by atoms with Gasteiger partial charge in [-0.25, -0.2) is 4.99 Å². The van der Waals surface area contributed by atoms with Crippen LogP contribution in [-0.4, -0.2) is 53.1 Å². The molecule has 2 fully saturated rings. The highest BCUT2D eigenvalue weighted by molar-refractivity contribution is 5.96. The Kier molecular flexibility index (Phi) is 5.62. The maximum atomic E-state index is 12.9. The van der Waals surface area contributed by atoms with Crippen molar-refractivity contribution < 1.29 is 9.44 Å². The first-order chi connectivity index (χ1) is 15.9. The summed E-state index contributed by atoms with van der Waals surface area (Å²) in [6, 6.07) is 7.91. The lowest BCUT2D eigenvalue weighted by Gasteiger charge is -2.45. The molecule has 0 radical (unpaired) electrons. The summed E-state index contributed by atoms with van der Waals surface area (Å²) in [5.41, 5.74) is 3.75. The lowest BCUT2D eigenvalue weighted by Crippen LogP contribution is -2.49. The average Bonchev–Trinajstić information content (AvgIpc) is 2.89. The molecule has 2 atom stereocenters. The van der Waals surface area contributed by atoms with Gasteiger partial charge in [0.15, 0.2) is 0 Å². The van der Waals surface area contributed by atoms with Crippen molar-refractivity contribution in [2.45, 2.75) is 57.2 Å². The second kappa shape index (κ2) is 8.47. The highest BCUT2D eigenvalue weighted by Crippen LogP contribution is 2.41. The van der Waals surface area contributed by atoms with E-state index in [0.717, 1.165) is 54.7 Å². The van der Waals surface area contributed by atoms with Crippen LogP contribution in [0, 0.1) is 5.21 Å². The molecule has 1 aromatic carbocycles. The predicted octanol–water partition coefficient (Wildman–Crippen LogP) is 3.82. The van der Waals surface area contributed by atoms with Crippen molar-refractivity contribution >= 4 is 17.6 Å². The van der Waals surface area contributed by atoms with Crippen LogP contribution in [0.1, 0.15) is 44.6 Å². The molecule has 2 unspecified atom stereocenters. The van der Waals surface area contributed by atoms with E-state index in [1.165, 1.54) is 6.42 Å². The van der Waals surface area contributed by atoms with Crippen molar-refractivity contribution in [2.75, 3.05) is 25.5 Å². The highest BCUT2D eigenvalue weighted by atomic mass is 16.5. The Labute approximate surface area is 195 Å². The zero-order chi connectivity index (χ0) is 23.1. The van der Waals surface area contributed by atoms with Gasteiger partial charge in [-0.1, -0.05) is 30.4 Å². The van der Waals surface area contributed by atoms with Gasteiger partial charge in [-0.15, -0.1) is 0 Å². The molecule has 1 amide bonds. The number of likely N-dealkylation sites (tertiary alicyclic amines) is 2. The van der Waals surface area contributed by atoms with Crippen LogP contribution in [0.4, 0.5) is 5.69 Å². The van der Waals surface area contributed by atoms with Gasteiger partial charge in [-0.2, -0.15) is 0 Å². The minimum Gasteiger partial charge on any atom is -0.633 e. The van der Waals surface area contributed by atoms with Crippen LogP contribution in [0.25, 0.3) is 0 Å². The van der Waals surface area contributed by atoms with Crippen molar-refractivity contribution in [2.24, 2.45) is 4.99 Å². The van der Waals surface area contributed by atoms with Crippen LogP contribution in [-0.2, 0) is 11.3 Å². The Balaban J connectivity index is 1.33. The summed E-state index contributed by atoms with van der Waals surface area (Å²) in [6.45, 7) is 4.10. The molecular formula is C26H33N5O2. The molecule has 0 aromatic heterocycles. The second-order valence-corrected chi connectivity index (χ2v) is 9.95. The third-order valence-corrected chi connectivity index (χ3v) is 7.64. The molecule has 5 rings (SSSR count). The van der Waals surface area contributed by atoms with Gasteiger partial charge < -0.3 is 25.4 Å². The molecular weight excluding hydrogens is 414 g/mol. The van der Waals surface area contributed by atoms with E-state index in [2.05, 4.69) is 35.8 Å². The molecule has 174 valence electrons. The molecule has 7 heteroatoms. The topological polar surface area (TPSA) is 79.8 Å². The van der Waals surface area contributed by atoms with Gasteiger partial charge in [0, 0.05) is 24.5 Å². The number of rotatable bonds is 3. The minimum atomic E-state index is -0.370. The molecule has 2 N–H and O–H groups in total. The number of anilines is 1. The van der Waals surface area contributed by atoms with Gasteiger partial charge in [-0.3, -0.25) is 4.79 Å². The van der Waals surface area contributed by atoms with E-state index < -0.39 is 0 Å². The molecule has 33 heavy (non-hydrogen) atoms. The number of hydrogen-bond acceptors (Lipinski definition) is 5. The first kappa shape index (κ1) is 21.9. The van der Waals surface area contributed by atoms with E-state index >= 15 is 0 Å². The monoisotopic (exact) mass is 447 g/mol. The number of guanidine groups is 1. The van der Waals surface area contributed by atoms with Crippen LogP contribution in [0.15, 0.2) is 64.8 Å². The summed E-state index contributed by atoms with van der Waals surface area (Å²) < 4.78 is -0.105. The van der Waals surface area contributed by atoms with Gasteiger partial charge in [-0.05, 0) is 55.9 Å².